The summed E-state index contributed by atoms with van der Waals surface area (Å²) in [4.78, 5) is 12.3. The molecule has 0 radical (unpaired) electrons. The van der Waals surface area contributed by atoms with Gasteiger partial charge in [-0.05, 0) is 6.92 Å². The molecule has 0 aromatic carbocycles. The van der Waals surface area contributed by atoms with Crippen LogP contribution in [0.1, 0.15) is 11.9 Å². The van der Waals surface area contributed by atoms with Crippen LogP contribution in [-0.2, 0) is 4.74 Å². The molecule has 8 heteroatoms. The predicted molar refractivity (Wildman–Crippen MR) is 63.1 cm³/mol. The Morgan fingerprint density at radius 1 is 1.26 bits per heavy atom. The fourth-order valence-electron chi connectivity index (χ4n) is 2.27. The molecule has 2 aromatic heterocycles. The molecule has 0 spiro atoms. The Kier molecular flexibility index (Phi) is 2.94. The van der Waals surface area contributed by atoms with Gasteiger partial charge in [0.1, 0.15) is 30.2 Å². The molecule has 1 aliphatic rings. The van der Waals surface area contributed by atoms with Crippen LogP contribution in [0, 0.1) is 6.92 Å². The van der Waals surface area contributed by atoms with E-state index in [0.717, 1.165) is 5.69 Å². The zero-order chi connectivity index (χ0) is 13.6. The Morgan fingerprint density at radius 3 is 2.74 bits per heavy atom. The highest BCUT2D eigenvalue weighted by molar-refractivity contribution is 5.72. The molecule has 3 N–H and O–H groups in total. The van der Waals surface area contributed by atoms with Gasteiger partial charge in [-0.1, -0.05) is 0 Å². The number of hydrogen-bond acceptors (Lipinski definition) is 7. The van der Waals surface area contributed by atoms with Crippen LogP contribution in [0.15, 0.2) is 12.7 Å². The van der Waals surface area contributed by atoms with Crippen molar-refractivity contribution in [3.05, 3.63) is 18.3 Å². The summed E-state index contributed by atoms with van der Waals surface area (Å²) in [6, 6.07) is 0. The van der Waals surface area contributed by atoms with Gasteiger partial charge in [0, 0.05) is 0 Å². The van der Waals surface area contributed by atoms with Crippen LogP contribution in [0.4, 0.5) is 0 Å². The molecule has 0 bridgehead atoms. The van der Waals surface area contributed by atoms with E-state index in [9.17, 15) is 10.2 Å². The van der Waals surface area contributed by atoms with Crippen LogP contribution in [0.3, 0.4) is 0 Å². The number of imidazole rings is 1. The molecule has 1 aliphatic heterocycles. The van der Waals surface area contributed by atoms with E-state index < -0.39 is 24.5 Å². The van der Waals surface area contributed by atoms with Crippen molar-refractivity contribution >= 4 is 11.2 Å². The van der Waals surface area contributed by atoms with Crippen molar-refractivity contribution in [2.75, 3.05) is 6.61 Å². The smallest absolute Gasteiger partial charge is 0.165 e. The molecule has 0 aliphatic carbocycles. The van der Waals surface area contributed by atoms with Gasteiger partial charge in [-0.15, -0.1) is 0 Å². The lowest BCUT2D eigenvalue weighted by Gasteiger charge is -2.16. The lowest BCUT2D eigenvalue weighted by molar-refractivity contribution is -0.0511. The third-order valence-electron chi connectivity index (χ3n) is 3.33. The van der Waals surface area contributed by atoms with Gasteiger partial charge in [-0.25, -0.2) is 15.0 Å². The fourth-order valence-corrected chi connectivity index (χ4v) is 2.27. The van der Waals surface area contributed by atoms with E-state index in [1.165, 1.54) is 17.2 Å². The lowest BCUT2D eigenvalue weighted by atomic mass is 10.1. The van der Waals surface area contributed by atoms with Crippen LogP contribution in [-0.4, -0.2) is 59.8 Å². The second-order valence-corrected chi connectivity index (χ2v) is 4.51. The minimum atomic E-state index is -1.15. The highest BCUT2D eigenvalue weighted by Crippen LogP contribution is 2.31. The van der Waals surface area contributed by atoms with Crippen molar-refractivity contribution < 1.29 is 20.1 Å². The number of rotatable bonds is 2. The molecule has 19 heavy (non-hydrogen) atoms. The molecule has 8 nitrogen and oxygen atoms in total. The zero-order valence-corrected chi connectivity index (χ0v) is 10.2. The summed E-state index contributed by atoms with van der Waals surface area (Å²) in [5, 5.41) is 28.8. The molecule has 1 saturated heterocycles. The Hall–Kier alpha value is -1.61. The number of aromatic nitrogens is 4. The average molecular weight is 266 g/mol. The molecular weight excluding hydrogens is 252 g/mol. The van der Waals surface area contributed by atoms with E-state index in [-0.39, 0.29) is 6.61 Å². The summed E-state index contributed by atoms with van der Waals surface area (Å²) < 4.78 is 6.98. The number of aliphatic hydroxyl groups excluding tert-OH is 3. The lowest BCUT2D eigenvalue weighted by Crippen LogP contribution is -2.33. The second-order valence-electron chi connectivity index (χ2n) is 4.51. The van der Waals surface area contributed by atoms with Gasteiger partial charge in [0.2, 0.25) is 0 Å². The third kappa shape index (κ3) is 1.80. The molecule has 2 aromatic rings. The summed E-state index contributed by atoms with van der Waals surface area (Å²) in [6.45, 7) is 1.44. The molecule has 4 atom stereocenters. The van der Waals surface area contributed by atoms with Gasteiger partial charge < -0.3 is 20.1 Å². The molecular formula is C11H14N4O4. The topological polar surface area (TPSA) is 114 Å². The first-order chi connectivity index (χ1) is 9.13. The maximum atomic E-state index is 9.98. The van der Waals surface area contributed by atoms with Gasteiger partial charge in [0.25, 0.3) is 0 Å². The van der Waals surface area contributed by atoms with Gasteiger partial charge in [-0.2, -0.15) is 0 Å². The molecule has 0 saturated carbocycles. The number of aliphatic hydroxyl groups is 3. The van der Waals surface area contributed by atoms with Crippen molar-refractivity contribution in [1.82, 2.24) is 19.5 Å². The summed E-state index contributed by atoms with van der Waals surface area (Å²) >= 11 is 0. The van der Waals surface area contributed by atoms with Crippen molar-refractivity contribution in [2.24, 2.45) is 0 Å². The minimum Gasteiger partial charge on any atom is -0.394 e. The van der Waals surface area contributed by atoms with Crippen molar-refractivity contribution in [3.63, 3.8) is 0 Å². The zero-order valence-electron chi connectivity index (χ0n) is 10.2. The maximum absolute atomic E-state index is 9.98. The molecule has 3 heterocycles. The van der Waals surface area contributed by atoms with Crippen LogP contribution >= 0.6 is 0 Å². The Labute approximate surface area is 108 Å². The number of ether oxygens (including phenoxy) is 1. The van der Waals surface area contributed by atoms with Gasteiger partial charge in [0.15, 0.2) is 11.9 Å². The largest absolute Gasteiger partial charge is 0.394 e. The van der Waals surface area contributed by atoms with E-state index in [1.807, 2.05) is 0 Å². The summed E-state index contributed by atoms with van der Waals surface area (Å²) in [7, 11) is 0. The Balaban J connectivity index is 2.04. The summed E-state index contributed by atoms with van der Waals surface area (Å²) in [6.07, 6.45) is -1.06. The standard InChI is InChI=1S/C11H14N4O4/c1-5-7-10(13-3-12-5)15(4-14-7)11-9(18)8(17)6(2-16)19-11/h3-4,6,8-9,11,16-18H,2H2,1H3/t6-,8+,9+,11-/m1/s1. The Morgan fingerprint density at radius 2 is 2.05 bits per heavy atom. The molecule has 1 fully saturated rings. The highest BCUT2D eigenvalue weighted by atomic mass is 16.6. The summed E-state index contributed by atoms with van der Waals surface area (Å²) in [5.41, 5.74) is 1.85. The van der Waals surface area contributed by atoms with Crippen molar-refractivity contribution in [3.8, 4) is 0 Å². The normalized spacial score (nSPS) is 31.2. The van der Waals surface area contributed by atoms with Crippen molar-refractivity contribution in [2.45, 2.75) is 31.5 Å². The fraction of sp³-hybridized carbons (Fsp3) is 0.545. The summed E-state index contributed by atoms with van der Waals surface area (Å²) in [5.74, 6) is 0. The monoisotopic (exact) mass is 266 g/mol. The van der Waals surface area contributed by atoms with Crippen LogP contribution in [0.5, 0.6) is 0 Å². The van der Waals surface area contributed by atoms with Gasteiger partial charge >= 0.3 is 0 Å². The average Bonchev–Trinajstić information content (AvgIpc) is 2.94. The first-order valence-electron chi connectivity index (χ1n) is 5.90. The van der Waals surface area contributed by atoms with Crippen LogP contribution < -0.4 is 0 Å². The highest BCUT2D eigenvalue weighted by Gasteiger charge is 2.43. The molecule has 0 unspecified atom stereocenters. The Bertz CT molecular complexity index is 601. The predicted octanol–water partition coefficient (Wildman–Crippen LogP) is -1.25. The van der Waals surface area contributed by atoms with Gasteiger partial charge in [-0.3, -0.25) is 4.57 Å². The van der Waals surface area contributed by atoms with E-state index >= 15 is 0 Å². The molecule has 3 rings (SSSR count). The van der Waals surface area contributed by atoms with Gasteiger partial charge in [0.05, 0.1) is 18.6 Å². The molecule has 102 valence electrons. The van der Waals surface area contributed by atoms with Crippen molar-refractivity contribution in [1.29, 1.82) is 0 Å². The number of nitrogens with zero attached hydrogens (tertiary/aromatic N) is 4. The number of hydrogen-bond donors (Lipinski definition) is 3. The SMILES string of the molecule is Cc1ncnc2c1ncn2[C@@H]1O[C@H](CO)[C@H](O)[C@@H]1O. The minimum absolute atomic E-state index is 0.366. The second kappa shape index (κ2) is 4.49. The first kappa shape index (κ1) is 12.4. The van der Waals surface area contributed by atoms with E-state index in [4.69, 9.17) is 9.84 Å². The number of fused-ring (bicyclic) bond motifs is 1. The van der Waals surface area contributed by atoms with E-state index in [1.54, 1.807) is 6.92 Å². The maximum Gasteiger partial charge on any atom is 0.165 e. The van der Waals surface area contributed by atoms with Crippen LogP contribution in [0.25, 0.3) is 11.2 Å². The quantitative estimate of drug-likeness (QED) is 0.622. The third-order valence-corrected chi connectivity index (χ3v) is 3.33. The van der Waals surface area contributed by atoms with E-state index in [0.29, 0.717) is 11.2 Å². The van der Waals surface area contributed by atoms with E-state index in [2.05, 4.69) is 15.0 Å². The van der Waals surface area contributed by atoms with Crippen LogP contribution in [0.2, 0.25) is 0 Å². The number of aryl methyl sites for hydroxylation is 1. The molecule has 0 amide bonds. The first-order valence-corrected chi connectivity index (χ1v) is 5.90.